The van der Waals surface area contributed by atoms with E-state index in [4.69, 9.17) is 5.73 Å². The number of likely N-dealkylation sites (N-methyl/N-ethyl adjacent to an activating group) is 1. The quantitative estimate of drug-likeness (QED) is 0.239. The van der Waals surface area contributed by atoms with Crippen molar-refractivity contribution in [3.63, 3.8) is 0 Å². The zero-order valence-electron chi connectivity index (χ0n) is 22.9. The van der Waals surface area contributed by atoms with E-state index in [1.165, 1.54) is 17.4 Å². The van der Waals surface area contributed by atoms with Crippen LogP contribution in [-0.4, -0.2) is 90.1 Å². The Balaban J connectivity index is 1.55. The Morgan fingerprint density at radius 1 is 1.24 bits per heavy atom. The first-order chi connectivity index (χ1) is 18.1. The Hall–Kier alpha value is -3.54. The molecule has 2 aromatic rings. The number of hydrogen-bond donors (Lipinski definition) is 4. The van der Waals surface area contributed by atoms with E-state index in [-0.39, 0.29) is 17.5 Å². The molecule has 2 heterocycles. The summed E-state index contributed by atoms with van der Waals surface area (Å²) in [4.78, 5) is 39.6. The van der Waals surface area contributed by atoms with Crippen LogP contribution >= 0.6 is 0 Å². The van der Waals surface area contributed by atoms with Crippen LogP contribution in [0.2, 0.25) is 0 Å². The summed E-state index contributed by atoms with van der Waals surface area (Å²) in [6, 6.07) is 7.09. The summed E-state index contributed by atoms with van der Waals surface area (Å²) in [5, 5.41) is 16.1. The van der Waals surface area contributed by atoms with Crippen LogP contribution in [0.3, 0.4) is 0 Å². The lowest BCUT2D eigenvalue weighted by atomic mass is 10.1. The third kappa shape index (κ3) is 7.73. The van der Waals surface area contributed by atoms with Gasteiger partial charge in [-0.3, -0.25) is 14.5 Å². The van der Waals surface area contributed by atoms with Crippen molar-refractivity contribution in [1.82, 2.24) is 25.1 Å². The van der Waals surface area contributed by atoms with Crippen LogP contribution in [0.1, 0.15) is 36.5 Å². The maximum Gasteiger partial charge on any atom is 0.246 e. The van der Waals surface area contributed by atoms with Crippen molar-refractivity contribution >= 4 is 29.1 Å². The lowest BCUT2D eigenvalue weighted by Gasteiger charge is -2.29. The number of nitrogens with one attached hydrogen (secondary N) is 2. The third-order valence-electron chi connectivity index (χ3n) is 6.56. The second kappa shape index (κ2) is 13.3. The van der Waals surface area contributed by atoms with Gasteiger partial charge in [0.15, 0.2) is 11.6 Å². The minimum absolute atomic E-state index is 0.189. The number of carbonyl (C=O) groups is 2. The van der Waals surface area contributed by atoms with E-state index in [1.54, 1.807) is 14.0 Å². The van der Waals surface area contributed by atoms with E-state index in [9.17, 15) is 14.7 Å². The van der Waals surface area contributed by atoms with Crippen molar-refractivity contribution in [2.45, 2.75) is 39.0 Å². The van der Waals surface area contributed by atoms with Crippen LogP contribution < -0.4 is 21.3 Å². The van der Waals surface area contributed by atoms with Gasteiger partial charge < -0.3 is 31.3 Å². The molecule has 206 valence electrons. The second-order valence-electron chi connectivity index (χ2n) is 9.75. The molecule has 1 fully saturated rings. The molecule has 1 unspecified atom stereocenters. The minimum Gasteiger partial charge on any atom is -0.373 e. The highest BCUT2D eigenvalue weighted by Gasteiger charge is 2.21. The molecule has 2 atom stereocenters. The molecule has 1 aromatic carbocycles. The van der Waals surface area contributed by atoms with Crippen LogP contribution in [0.5, 0.6) is 0 Å². The molecule has 1 aliphatic heterocycles. The molecular formula is C27H40N8O3. The molecule has 11 nitrogen and oxygen atoms in total. The van der Waals surface area contributed by atoms with Gasteiger partial charge in [-0.15, -0.1) is 0 Å². The Morgan fingerprint density at radius 2 is 1.97 bits per heavy atom. The molecule has 5 N–H and O–H groups in total. The van der Waals surface area contributed by atoms with Crippen LogP contribution in [0.25, 0.3) is 0 Å². The zero-order chi connectivity index (χ0) is 27.8. The van der Waals surface area contributed by atoms with Crippen molar-refractivity contribution in [2.24, 2.45) is 5.73 Å². The molecule has 0 spiro atoms. The number of likely N-dealkylation sites (tertiary alicyclic amines) is 1. The smallest absolute Gasteiger partial charge is 0.246 e. The van der Waals surface area contributed by atoms with Crippen LogP contribution in [0, 0.1) is 6.92 Å². The van der Waals surface area contributed by atoms with Gasteiger partial charge in [0.1, 0.15) is 18.0 Å². The van der Waals surface area contributed by atoms with Gasteiger partial charge in [-0.05, 0) is 57.5 Å². The number of amides is 2. The van der Waals surface area contributed by atoms with Gasteiger partial charge in [0.25, 0.3) is 0 Å². The first kappa shape index (κ1) is 29.0. The molecule has 0 aliphatic carbocycles. The van der Waals surface area contributed by atoms with E-state index in [0.29, 0.717) is 30.3 Å². The highest BCUT2D eigenvalue weighted by Crippen LogP contribution is 2.26. The number of aliphatic hydroxyl groups excluding tert-OH is 1. The fourth-order valence-corrected chi connectivity index (χ4v) is 4.02. The Labute approximate surface area is 224 Å². The summed E-state index contributed by atoms with van der Waals surface area (Å²) in [5.74, 6) is 0.643. The zero-order valence-corrected chi connectivity index (χ0v) is 22.9. The third-order valence-corrected chi connectivity index (χ3v) is 6.56. The Kier molecular flexibility index (Phi) is 10.2. The summed E-state index contributed by atoms with van der Waals surface area (Å²) in [6.45, 7) is 6.85. The largest absolute Gasteiger partial charge is 0.373 e. The predicted molar refractivity (Wildman–Crippen MR) is 149 cm³/mol. The van der Waals surface area contributed by atoms with Gasteiger partial charge in [0.2, 0.25) is 11.8 Å². The molecule has 1 aliphatic rings. The fraction of sp³-hybridized carbons (Fsp3) is 0.481. The molecular weight excluding hydrogens is 484 g/mol. The monoisotopic (exact) mass is 524 g/mol. The number of benzene rings is 1. The van der Waals surface area contributed by atoms with Crippen LogP contribution in [0.15, 0.2) is 36.4 Å². The van der Waals surface area contributed by atoms with Gasteiger partial charge in [-0.2, -0.15) is 0 Å². The number of nitrogens with two attached hydrogens (primary N) is 1. The SMILES string of the molecule is Cc1nc(C(N)O)c(Nc2cccc(CCNC(=O)[C@H](C)N(C)C(=O)/C=C/CN3CCC3)c2)nc1N(C)C. The van der Waals surface area contributed by atoms with E-state index in [2.05, 4.69) is 25.5 Å². The van der Waals surface area contributed by atoms with Crippen molar-refractivity contribution in [3.05, 3.63) is 53.4 Å². The Bertz CT molecular complexity index is 1150. The number of aliphatic hydroxyl groups is 1. The van der Waals surface area contributed by atoms with E-state index in [1.807, 2.05) is 56.3 Å². The average molecular weight is 525 g/mol. The predicted octanol–water partition coefficient (Wildman–Crippen LogP) is 1.31. The number of anilines is 3. The topological polar surface area (TPSA) is 140 Å². The second-order valence-corrected chi connectivity index (χ2v) is 9.75. The molecule has 2 amide bonds. The summed E-state index contributed by atoms with van der Waals surface area (Å²) in [5.41, 5.74) is 8.39. The van der Waals surface area contributed by atoms with Crippen molar-refractivity contribution in [2.75, 3.05) is 57.5 Å². The van der Waals surface area contributed by atoms with E-state index >= 15 is 0 Å². The maximum absolute atomic E-state index is 12.6. The minimum atomic E-state index is -1.28. The summed E-state index contributed by atoms with van der Waals surface area (Å²) in [7, 11) is 5.37. The molecule has 11 heteroatoms. The molecule has 1 aromatic heterocycles. The number of aromatic nitrogens is 2. The van der Waals surface area contributed by atoms with E-state index in [0.717, 1.165) is 30.9 Å². The molecule has 0 saturated carbocycles. The standard InChI is InChI=1S/C27H40N8O3/c1-18-26(33(3)4)32-25(23(30-18)24(28)37)31-21-10-6-9-20(17-21)12-13-29-27(38)19(2)34(5)22(36)11-7-14-35-15-8-16-35/h6-7,9-11,17,19,24,37H,8,12-16,28H2,1-5H3,(H,29,38)(H,31,32)/b11-7+/t19-,24?/m0/s1. The molecule has 38 heavy (non-hydrogen) atoms. The lowest BCUT2D eigenvalue weighted by Crippen LogP contribution is -2.46. The van der Waals surface area contributed by atoms with Crippen molar-refractivity contribution in [3.8, 4) is 0 Å². The lowest BCUT2D eigenvalue weighted by molar-refractivity contribution is -0.135. The summed E-state index contributed by atoms with van der Waals surface area (Å²) < 4.78 is 0. The number of carbonyl (C=O) groups excluding carboxylic acids is 2. The van der Waals surface area contributed by atoms with E-state index < -0.39 is 12.3 Å². The van der Waals surface area contributed by atoms with Gasteiger partial charge in [0, 0.05) is 46.0 Å². The number of hydrogen-bond acceptors (Lipinski definition) is 9. The highest BCUT2D eigenvalue weighted by molar-refractivity contribution is 5.92. The van der Waals surface area contributed by atoms with Gasteiger partial charge >= 0.3 is 0 Å². The first-order valence-electron chi connectivity index (χ1n) is 12.9. The maximum atomic E-state index is 12.6. The van der Waals surface area contributed by atoms with Gasteiger partial charge in [0.05, 0.1) is 5.69 Å². The molecule has 0 radical (unpaired) electrons. The number of aryl methyl sites for hydroxylation is 1. The molecule has 0 bridgehead atoms. The van der Waals surface area contributed by atoms with Crippen LogP contribution in [0.4, 0.5) is 17.3 Å². The number of nitrogens with zero attached hydrogens (tertiary/aromatic N) is 5. The first-order valence-corrected chi connectivity index (χ1v) is 12.9. The van der Waals surface area contributed by atoms with Crippen molar-refractivity contribution in [1.29, 1.82) is 0 Å². The average Bonchev–Trinajstić information content (AvgIpc) is 2.85. The van der Waals surface area contributed by atoms with Gasteiger partial charge in [-0.1, -0.05) is 18.2 Å². The summed E-state index contributed by atoms with van der Waals surface area (Å²) in [6.07, 6.45) is 3.91. The summed E-state index contributed by atoms with van der Waals surface area (Å²) >= 11 is 0. The van der Waals surface area contributed by atoms with Crippen molar-refractivity contribution < 1.29 is 14.7 Å². The number of rotatable bonds is 12. The highest BCUT2D eigenvalue weighted by atomic mass is 16.3. The van der Waals surface area contributed by atoms with Gasteiger partial charge in [-0.25, -0.2) is 9.97 Å². The Morgan fingerprint density at radius 3 is 2.61 bits per heavy atom. The fourth-order valence-electron chi connectivity index (χ4n) is 4.02. The van der Waals surface area contributed by atoms with Crippen LogP contribution in [-0.2, 0) is 16.0 Å². The molecule has 3 rings (SSSR count). The molecule has 1 saturated heterocycles. The normalized spacial score (nSPS) is 15.0.